The normalized spacial score (nSPS) is 41.7. The van der Waals surface area contributed by atoms with Crippen molar-refractivity contribution in [2.75, 3.05) is 0 Å². The summed E-state index contributed by atoms with van der Waals surface area (Å²) in [4.78, 5) is 15.1. The van der Waals surface area contributed by atoms with E-state index in [1.54, 1.807) is 6.20 Å². The number of aromatic nitrogens is 1. The number of nitrogens with one attached hydrogen (secondary N) is 1. The number of pyridine rings is 1. The monoisotopic (exact) mass is 465 g/mol. The number of H-pyrrole nitrogens is 1. The smallest absolute Gasteiger partial charge is 0.255 e. The summed E-state index contributed by atoms with van der Waals surface area (Å²) in [6.07, 6.45) is 6.56. The van der Waals surface area contributed by atoms with Crippen LogP contribution in [0.25, 0.3) is 16.3 Å². The van der Waals surface area contributed by atoms with Crippen LogP contribution in [-0.4, -0.2) is 43.8 Å². The molecule has 2 fully saturated rings. The molecule has 0 spiro atoms. The molecule has 6 rings (SSSR count). The molecule has 2 aromatic rings. The highest BCUT2D eigenvalue weighted by atomic mass is 19.1. The zero-order chi connectivity index (χ0) is 23.9. The first-order chi connectivity index (χ1) is 16.2. The van der Waals surface area contributed by atoms with Gasteiger partial charge in [0.25, 0.3) is 5.56 Å². The molecule has 4 aliphatic rings. The van der Waals surface area contributed by atoms with E-state index in [9.17, 15) is 20.1 Å². The summed E-state index contributed by atoms with van der Waals surface area (Å²) < 4.78 is 16.2. The topological polar surface area (TPSA) is 93.5 Å². The van der Waals surface area contributed by atoms with Gasteiger partial charge >= 0.3 is 0 Å². The van der Waals surface area contributed by atoms with Crippen LogP contribution in [0.4, 0.5) is 4.39 Å². The van der Waals surface area contributed by atoms with Gasteiger partial charge in [0.2, 0.25) is 0 Å². The summed E-state index contributed by atoms with van der Waals surface area (Å²) in [5.74, 6) is -0.559. The van der Waals surface area contributed by atoms with Crippen molar-refractivity contribution < 1.29 is 19.7 Å². The highest BCUT2D eigenvalue weighted by Crippen LogP contribution is 2.63. The van der Waals surface area contributed by atoms with Gasteiger partial charge in [-0.1, -0.05) is 31.2 Å². The van der Waals surface area contributed by atoms with Gasteiger partial charge in [0, 0.05) is 29.3 Å². The first-order valence-electron chi connectivity index (χ1n) is 12.5. The third-order valence-electron chi connectivity index (χ3n) is 9.55. The quantitative estimate of drug-likeness (QED) is 0.479. The number of aliphatic hydroxyl groups is 3. The molecule has 0 amide bonds. The molecule has 0 aliphatic heterocycles. The predicted molar refractivity (Wildman–Crippen MR) is 129 cm³/mol. The van der Waals surface area contributed by atoms with Crippen LogP contribution in [0.3, 0.4) is 0 Å². The molecule has 34 heavy (non-hydrogen) atoms. The molecule has 180 valence electrons. The maximum absolute atomic E-state index is 16.2. The Kier molecular flexibility index (Phi) is 4.81. The SMILES string of the molecule is CC12CC=C3C(O)C4(F)CC(O)CCC4CC[C@]3(O)C1CC=C2c1ccc2cc[nH]c(=O)c2c1. The van der Waals surface area contributed by atoms with Crippen molar-refractivity contribution in [3.8, 4) is 0 Å². The number of hydrogen-bond donors (Lipinski definition) is 4. The minimum Gasteiger partial charge on any atom is -0.393 e. The van der Waals surface area contributed by atoms with Crippen molar-refractivity contribution in [1.82, 2.24) is 4.98 Å². The molecule has 4 N–H and O–H groups in total. The molecule has 1 aromatic carbocycles. The van der Waals surface area contributed by atoms with Crippen molar-refractivity contribution in [2.45, 2.75) is 75.3 Å². The van der Waals surface area contributed by atoms with Crippen molar-refractivity contribution >= 4 is 16.3 Å². The third-order valence-corrected chi connectivity index (χ3v) is 9.55. The fraction of sp³-hybridized carbons (Fsp3) is 0.536. The van der Waals surface area contributed by atoms with Crippen LogP contribution in [0.15, 0.2) is 53.0 Å². The number of alkyl halides is 1. The van der Waals surface area contributed by atoms with Gasteiger partial charge in [0.15, 0.2) is 0 Å². The fourth-order valence-corrected chi connectivity index (χ4v) is 7.69. The molecule has 4 aliphatic carbocycles. The molecular weight excluding hydrogens is 433 g/mol. The van der Waals surface area contributed by atoms with E-state index in [1.807, 2.05) is 30.3 Å². The van der Waals surface area contributed by atoms with E-state index >= 15 is 4.39 Å². The molecule has 6 heteroatoms. The minimum absolute atomic E-state index is 0.0800. The second-order valence-corrected chi connectivity index (χ2v) is 11.2. The van der Waals surface area contributed by atoms with Gasteiger partial charge in [0.1, 0.15) is 11.8 Å². The largest absolute Gasteiger partial charge is 0.393 e. The van der Waals surface area contributed by atoms with Crippen LogP contribution in [-0.2, 0) is 0 Å². The number of halogens is 1. The maximum atomic E-state index is 16.2. The van der Waals surface area contributed by atoms with Gasteiger partial charge in [-0.05, 0) is 78.7 Å². The lowest BCUT2D eigenvalue weighted by Crippen LogP contribution is -2.55. The number of aromatic amines is 1. The number of hydrogen-bond acceptors (Lipinski definition) is 4. The van der Waals surface area contributed by atoms with Crippen molar-refractivity contribution in [2.24, 2.45) is 17.3 Å². The molecule has 1 heterocycles. The predicted octanol–water partition coefficient (Wildman–Crippen LogP) is 4.02. The summed E-state index contributed by atoms with van der Waals surface area (Å²) in [5, 5.41) is 35.1. The maximum Gasteiger partial charge on any atom is 0.255 e. The first-order valence-corrected chi connectivity index (χ1v) is 12.5. The highest BCUT2D eigenvalue weighted by Gasteiger charge is 2.62. The van der Waals surface area contributed by atoms with Gasteiger partial charge < -0.3 is 20.3 Å². The second kappa shape index (κ2) is 7.36. The number of fused-ring (bicyclic) bond motifs is 5. The summed E-state index contributed by atoms with van der Waals surface area (Å²) in [7, 11) is 0. The lowest BCUT2D eigenvalue weighted by Gasteiger charge is -2.50. The van der Waals surface area contributed by atoms with E-state index in [1.165, 1.54) is 0 Å². The molecule has 0 saturated heterocycles. The molecule has 6 unspecified atom stereocenters. The van der Waals surface area contributed by atoms with Crippen LogP contribution in [0.1, 0.15) is 57.4 Å². The highest BCUT2D eigenvalue weighted by molar-refractivity contribution is 5.87. The second-order valence-electron chi connectivity index (χ2n) is 11.2. The minimum atomic E-state index is -1.91. The Morgan fingerprint density at radius 2 is 1.94 bits per heavy atom. The Morgan fingerprint density at radius 3 is 2.76 bits per heavy atom. The number of allylic oxidation sites excluding steroid dienone is 3. The number of benzene rings is 1. The molecule has 7 atom stereocenters. The summed E-state index contributed by atoms with van der Waals surface area (Å²) >= 11 is 0. The average Bonchev–Trinajstić information content (AvgIpc) is 3.13. The van der Waals surface area contributed by atoms with Gasteiger partial charge in [-0.15, -0.1) is 0 Å². The van der Waals surface area contributed by atoms with Crippen molar-refractivity contribution in [1.29, 1.82) is 0 Å². The fourth-order valence-electron chi connectivity index (χ4n) is 7.69. The molecule has 0 radical (unpaired) electrons. The van der Waals surface area contributed by atoms with Crippen LogP contribution in [0.2, 0.25) is 0 Å². The zero-order valence-electron chi connectivity index (χ0n) is 19.4. The number of rotatable bonds is 1. The molecule has 1 aromatic heterocycles. The van der Waals surface area contributed by atoms with E-state index in [2.05, 4.69) is 18.0 Å². The van der Waals surface area contributed by atoms with Crippen molar-refractivity contribution in [3.05, 3.63) is 64.1 Å². The number of aliphatic hydroxyl groups excluding tert-OH is 2. The van der Waals surface area contributed by atoms with Crippen LogP contribution in [0, 0.1) is 17.3 Å². The van der Waals surface area contributed by atoms with Gasteiger partial charge in [0.05, 0.1) is 11.7 Å². The first kappa shape index (κ1) is 22.2. The Balaban J connectivity index is 1.41. The lowest BCUT2D eigenvalue weighted by atomic mass is 9.57. The lowest BCUT2D eigenvalue weighted by molar-refractivity contribution is -0.0963. The van der Waals surface area contributed by atoms with E-state index in [-0.39, 0.29) is 23.8 Å². The Hall–Kier alpha value is -2.28. The van der Waals surface area contributed by atoms with E-state index in [4.69, 9.17) is 0 Å². The third kappa shape index (κ3) is 2.91. The van der Waals surface area contributed by atoms with E-state index in [0.717, 1.165) is 16.5 Å². The molecule has 2 saturated carbocycles. The molecule has 0 bridgehead atoms. The Labute approximate surface area is 198 Å². The average molecular weight is 466 g/mol. The Bertz CT molecular complexity index is 1280. The van der Waals surface area contributed by atoms with Gasteiger partial charge in [-0.3, -0.25) is 4.79 Å². The van der Waals surface area contributed by atoms with Crippen LogP contribution < -0.4 is 5.56 Å². The standard InChI is InChI=1S/C28H32FNO4/c1-26-11-9-22-24(32)27(29)15-19(31)5-4-18(27)8-12-28(22,34)23(26)7-6-21(26)17-3-2-16-10-13-30-25(33)20(16)14-17/h2-3,6,9-10,13-14,18-19,23-24,31-32,34H,4-5,7-8,11-12,15H2,1H3,(H,30,33)/t18?,19?,23?,24?,26?,27?,28-/m1/s1. The summed E-state index contributed by atoms with van der Waals surface area (Å²) in [5.41, 5.74) is -1.29. The van der Waals surface area contributed by atoms with Crippen LogP contribution >= 0.6 is 0 Å². The van der Waals surface area contributed by atoms with E-state index in [0.29, 0.717) is 49.5 Å². The van der Waals surface area contributed by atoms with Gasteiger partial charge in [-0.2, -0.15) is 0 Å². The molecular formula is C28H32FNO4. The van der Waals surface area contributed by atoms with Gasteiger partial charge in [-0.25, -0.2) is 4.39 Å². The summed E-state index contributed by atoms with van der Waals surface area (Å²) in [6.45, 7) is 2.14. The van der Waals surface area contributed by atoms with Crippen LogP contribution in [0.5, 0.6) is 0 Å². The molecule has 5 nitrogen and oxygen atoms in total. The summed E-state index contributed by atoms with van der Waals surface area (Å²) in [6, 6.07) is 7.78. The zero-order valence-corrected chi connectivity index (χ0v) is 19.4. The Morgan fingerprint density at radius 1 is 1.12 bits per heavy atom. The van der Waals surface area contributed by atoms with Crippen molar-refractivity contribution in [3.63, 3.8) is 0 Å². The van der Waals surface area contributed by atoms with E-state index < -0.39 is 28.9 Å².